The first-order valence-electron chi connectivity index (χ1n) is 10.2. The number of piperazine rings is 1. The largest absolute Gasteiger partial charge is 0.352 e. The van der Waals surface area contributed by atoms with E-state index in [0.717, 1.165) is 39.1 Å². The Labute approximate surface area is 169 Å². The van der Waals surface area contributed by atoms with Gasteiger partial charge >= 0.3 is 0 Å². The van der Waals surface area contributed by atoms with E-state index >= 15 is 0 Å². The predicted molar refractivity (Wildman–Crippen MR) is 113 cm³/mol. The number of nitrogens with one attached hydrogen (secondary N) is 1. The number of nitrogens with zero attached hydrogens (tertiary/aromatic N) is 3. The lowest BCUT2D eigenvalue weighted by atomic mass is 10.1. The van der Waals surface area contributed by atoms with Gasteiger partial charge in [0.25, 0.3) is 0 Å². The molecule has 0 unspecified atom stereocenters. The summed E-state index contributed by atoms with van der Waals surface area (Å²) in [4.78, 5) is 30.9. The third-order valence-corrected chi connectivity index (χ3v) is 4.97. The van der Waals surface area contributed by atoms with Gasteiger partial charge < -0.3 is 10.2 Å². The Morgan fingerprint density at radius 1 is 1.11 bits per heavy atom. The fourth-order valence-corrected chi connectivity index (χ4v) is 3.32. The normalized spacial score (nSPS) is 15.2. The molecule has 1 aliphatic rings. The predicted octanol–water partition coefficient (Wildman–Crippen LogP) is 1.65. The molecule has 6 heteroatoms. The maximum Gasteiger partial charge on any atom is 0.237 e. The number of rotatable bonds is 10. The van der Waals surface area contributed by atoms with Crippen LogP contribution in [0.25, 0.3) is 0 Å². The summed E-state index contributed by atoms with van der Waals surface area (Å²) < 4.78 is 0. The highest BCUT2D eigenvalue weighted by Gasteiger charge is 2.22. The van der Waals surface area contributed by atoms with Gasteiger partial charge in [0.05, 0.1) is 13.1 Å². The van der Waals surface area contributed by atoms with Crippen molar-refractivity contribution >= 4 is 11.8 Å². The lowest BCUT2D eigenvalue weighted by Gasteiger charge is -2.35. The van der Waals surface area contributed by atoms with Crippen LogP contribution < -0.4 is 5.32 Å². The first-order chi connectivity index (χ1) is 13.5. The summed E-state index contributed by atoms with van der Waals surface area (Å²) in [7, 11) is 0. The Bertz CT molecular complexity index is 636. The van der Waals surface area contributed by atoms with E-state index < -0.39 is 0 Å². The molecule has 6 nitrogen and oxygen atoms in total. The smallest absolute Gasteiger partial charge is 0.237 e. The molecule has 0 atom stereocenters. The summed E-state index contributed by atoms with van der Waals surface area (Å²) in [6.45, 7) is 13.8. The van der Waals surface area contributed by atoms with Gasteiger partial charge in [-0.3, -0.25) is 19.4 Å². The van der Waals surface area contributed by atoms with Crippen molar-refractivity contribution in [2.45, 2.75) is 26.8 Å². The van der Waals surface area contributed by atoms with Crippen LogP contribution in [0.5, 0.6) is 0 Å². The molecule has 0 radical (unpaired) electrons. The zero-order valence-electron chi connectivity index (χ0n) is 17.3. The van der Waals surface area contributed by atoms with Crippen LogP contribution in [0.1, 0.15) is 24.5 Å². The van der Waals surface area contributed by atoms with E-state index in [1.54, 1.807) is 6.08 Å². The number of amides is 2. The third kappa shape index (κ3) is 7.44. The van der Waals surface area contributed by atoms with Crippen molar-refractivity contribution in [3.8, 4) is 0 Å². The zero-order valence-corrected chi connectivity index (χ0v) is 17.3. The van der Waals surface area contributed by atoms with E-state index in [9.17, 15) is 9.59 Å². The van der Waals surface area contributed by atoms with Crippen LogP contribution >= 0.6 is 0 Å². The maximum atomic E-state index is 12.8. The van der Waals surface area contributed by atoms with Crippen LogP contribution in [0.15, 0.2) is 36.9 Å². The average molecular weight is 387 g/mol. The third-order valence-electron chi connectivity index (χ3n) is 4.97. The second kappa shape index (κ2) is 11.6. The van der Waals surface area contributed by atoms with Crippen molar-refractivity contribution < 1.29 is 9.59 Å². The molecule has 0 aromatic heterocycles. The zero-order chi connectivity index (χ0) is 20.4. The van der Waals surface area contributed by atoms with Gasteiger partial charge in [-0.25, -0.2) is 0 Å². The molecule has 0 bridgehead atoms. The molecule has 154 valence electrons. The van der Waals surface area contributed by atoms with Gasteiger partial charge in [-0.15, -0.1) is 6.58 Å². The molecular formula is C22H34N4O2. The minimum atomic E-state index is 0.0247. The van der Waals surface area contributed by atoms with Crippen molar-refractivity contribution in [1.29, 1.82) is 0 Å². The van der Waals surface area contributed by atoms with Crippen molar-refractivity contribution in [3.63, 3.8) is 0 Å². The van der Waals surface area contributed by atoms with E-state index in [1.165, 1.54) is 11.1 Å². The van der Waals surface area contributed by atoms with E-state index in [-0.39, 0.29) is 11.8 Å². The Morgan fingerprint density at radius 2 is 1.71 bits per heavy atom. The van der Waals surface area contributed by atoms with Crippen LogP contribution in [0.2, 0.25) is 0 Å². The van der Waals surface area contributed by atoms with Gasteiger partial charge in [0.2, 0.25) is 11.8 Å². The topological polar surface area (TPSA) is 55.9 Å². The van der Waals surface area contributed by atoms with Crippen LogP contribution in [0, 0.1) is 6.92 Å². The summed E-state index contributed by atoms with van der Waals surface area (Å²) >= 11 is 0. The van der Waals surface area contributed by atoms with Gasteiger partial charge in [-0.1, -0.05) is 42.8 Å². The van der Waals surface area contributed by atoms with Crippen molar-refractivity contribution in [2.75, 3.05) is 52.4 Å². The minimum absolute atomic E-state index is 0.0247. The molecule has 1 N–H and O–H groups in total. The fraction of sp³-hybridized carbons (Fsp3) is 0.545. The van der Waals surface area contributed by atoms with E-state index in [1.807, 2.05) is 4.90 Å². The summed E-state index contributed by atoms with van der Waals surface area (Å²) in [5.41, 5.74) is 2.40. The summed E-state index contributed by atoms with van der Waals surface area (Å²) in [5.74, 6) is 0.205. The monoisotopic (exact) mass is 386 g/mol. The molecule has 1 aliphatic heterocycles. The first-order valence-corrected chi connectivity index (χ1v) is 10.2. The number of carbonyl (C=O) groups is 2. The van der Waals surface area contributed by atoms with E-state index in [0.29, 0.717) is 26.2 Å². The molecule has 1 aromatic rings. The molecule has 2 rings (SSSR count). The lowest BCUT2D eigenvalue weighted by molar-refractivity contribution is -0.134. The lowest BCUT2D eigenvalue weighted by Crippen LogP contribution is -2.52. The van der Waals surface area contributed by atoms with Crippen LogP contribution in [0.4, 0.5) is 0 Å². The highest BCUT2D eigenvalue weighted by molar-refractivity contribution is 5.78. The van der Waals surface area contributed by atoms with Gasteiger partial charge in [-0.05, 0) is 18.9 Å². The standard InChI is InChI=1S/C22H34N4O2/c1-4-10-23-21(27)17-24-12-14-25(15-13-24)18-22(28)26(11-5-2)16-20-8-6-19(3)7-9-20/h4,6-9H,1,5,10-18H2,2-3H3,(H,23,27). The number of carbonyl (C=O) groups excluding carboxylic acids is 2. The molecule has 1 fully saturated rings. The minimum Gasteiger partial charge on any atom is -0.352 e. The summed E-state index contributed by atoms with van der Waals surface area (Å²) in [6, 6.07) is 8.38. The van der Waals surface area contributed by atoms with Gasteiger partial charge in [0, 0.05) is 45.8 Å². The molecule has 1 saturated heterocycles. The fourth-order valence-electron chi connectivity index (χ4n) is 3.32. The van der Waals surface area contributed by atoms with E-state index in [2.05, 4.69) is 59.8 Å². The molecule has 1 heterocycles. The van der Waals surface area contributed by atoms with Crippen molar-refractivity contribution in [2.24, 2.45) is 0 Å². The van der Waals surface area contributed by atoms with Crippen molar-refractivity contribution in [1.82, 2.24) is 20.0 Å². The maximum absolute atomic E-state index is 12.8. The van der Waals surface area contributed by atoms with Crippen LogP contribution in [-0.2, 0) is 16.1 Å². The van der Waals surface area contributed by atoms with Crippen molar-refractivity contribution in [3.05, 3.63) is 48.0 Å². The Balaban J connectivity index is 1.79. The average Bonchev–Trinajstić information content (AvgIpc) is 2.69. The first kappa shape index (κ1) is 22.1. The molecule has 0 spiro atoms. The molecule has 0 saturated carbocycles. The number of benzene rings is 1. The second-order valence-corrected chi connectivity index (χ2v) is 7.45. The summed E-state index contributed by atoms with van der Waals surface area (Å²) in [6.07, 6.45) is 2.63. The second-order valence-electron chi connectivity index (χ2n) is 7.45. The number of hydrogen-bond donors (Lipinski definition) is 1. The van der Waals surface area contributed by atoms with Gasteiger partial charge in [-0.2, -0.15) is 0 Å². The highest BCUT2D eigenvalue weighted by atomic mass is 16.2. The molecule has 2 amide bonds. The highest BCUT2D eigenvalue weighted by Crippen LogP contribution is 2.09. The molecule has 1 aromatic carbocycles. The van der Waals surface area contributed by atoms with Gasteiger partial charge in [0.1, 0.15) is 0 Å². The Morgan fingerprint density at radius 3 is 2.29 bits per heavy atom. The van der Waals surface area contributed by atoms with Crippen LogP contribution in [0.3, 0.4) is 0 Å². The van der Waals surface area contributed by atoms with Gasteiger partial charge in [0.15, 0.2) is 0 Å². The Hall–Kier alpha value is -2.18. The molecule has 28 heavy (non-hydrogen) atoms. The number of hydrogen-bond acceptors (Lipinski definition) is 4. The Kier molecular flexibility index (Phi) is 9.17. The molecular weight excluding hydrogens is 352 g/mol. The van der Waals surface area contributed by atoms with E-state index in [4.69, 9.17) is 0 Å². The molecule has 0 aliphatic carbocycles. The quantitative estimate of drug-likeness (QED) is 0.622. The summed E-state index contributed by atoms with van der Waals surface area (Å²) in [5, 5.41) is 2.81. The van der Waals surface area contributed by atoms with Crippen LogP contribution in [-0.4, -0.2) is 78.9 Å². The SMILES string of the molecule is C=CCNC(=O)CN1CCN(CC(=O)N(CCC)Cc2ccc(C)cc2)CC1. The number of aryl methyl sites for hydroxylation is 1.